The largest absolute Gasteiger partial charge is 0.313 e. The van der Waals surface area contributed by atoms with Crippen molar-refractivity contribution in [2.24, 2.45) is 5.92 Å². The molecule has 0 aliphatic carbocycles. The fourth-order valence-corrected chi connectivity index (χ4v) is 3.21. The summed E-state index contributed by atoms with van der Waals surface area (Å²) >= 11 is 2.03. The van der Waals surface area contributed by atoms with Crippen LogP contribution in [0.15, 0.2) is 18.2 Å². The Hall–Kier alpha value is -0.470. The maximum Gasteiger partial charge on any atom is 0.0185 e. The molecular formula is C18H31NS. The van der Waals surface area contributed by atoms with Crippen LogP contribution in [0, 0.1) is 19.8 Å². The van der Waals surface area contributed by atoms with E-state index in [4.69, 9.17) is 0 Å². The lowest BCUT2D eigenvalue weighted by Gasteiger charge is -2.14. The molecule has 0 aliphatic heterocycles. The molecule has 0 radical (unpaired) electrons. The summed E-state index contributed by atoms with van der Waals surface area (Å²) in [7, 11) is 0. The predicted octanol–water partition coefficient (Wildman–Crippen LogP) is 4.95. The zero-order chi connectivity index (χ0) is 15.0. The third-order valence-corrected chi connectivity index (χ3v) is 4.50. The first kappa shape index (κ1) is 17.6. The van der Waals surface area contributed by atoms with E-state index < -0.39 is 0 Å². The van der Waals surface area contributed by atoms with Crippen LogP contribution in [0.25, 0.3) is 0 Å². The average Bonchev–Trinajstić information content (AvgIpc) is 2.34. The lowest BCUT2D eigenvalue weighted by molar-refractivity contribution is 0.460. The molecule has 0 fully saturated rings. The van der Waals surface area contributed by atoms with Crippen molar-refractivity contribution >= 4 is 11.8 Å². The Labute approximate surface area is 129 Å². The maximum atomic E-state index is 3.63. The van der Waals surface area contributed by atoms with Crippen LogP contribution in [0.4, 0.5) is 0 Å². The summed E-state index contributed by atoms with van der Waals surface area (Å²) in [4.78, 5) is 0. The van der Waals surface area contributed by atoms with Gasteiger partial charge in [0.1, 0.15) is 0 Å². The first-order chi connectivity index (χ1) is 9.47. The molecule has 0 bridgehead atoms. The van der Waals surface area contributed by atoms with Crippen LogP contribution in [-0.4, -0.2) is 18.3 Å². The molecule has 1 N–H and O–H groups in total. The fourth-order valence-electron chi connectivity index (χ4n) is 2.41. The molecule has 2 heteroatoms. The van der Waals surface area contributed by atoms with Crippen molar-refractivity contribution in [1.29, 1.82) is 0 Å². The number of hydrogen-bond donors (Lipinski definition) is 1. The van der Waals surface area contributed by atoms with E-state index in [0.29, 0.717) is 6.04 Å². The second-order valence-electron chi connectivity index (χ2n) is 6.37. The van der Waals surface area contributed by atoms with Gasteiger partial charge in [-0.2, -0.15) is 11.8 Å². The summed E-state index contributed by atoms with van der Waals surface area (Å²) in [5.74, 6) is 3.14. The van der Waals surface area contributed by atoms with Gasteiger partial charge in [0.25, 0.3) is 0 Å². The van der Waals surface area contributed by atoms with Gasteiger partial charge in [0.15, 0.2) is 0 Å². The number of aryl methyl sites for hydroxylation is 2. The quantitative estimate of drug-likeness (QED) is 0.646. The molecule has 1 nitrogen and oxygen atoms in total. The van der Waals surface area contributed by atoms with Gasteiger partial charge in [0, 0.05) is 24.1 Å². The minimum atomic E-state index is 0.652. The van der Waals surface area contributed by atoms with Gasteiger partial charge in [0.2, 0.25) is 0 Å². The standard InChI is InChI=1S/C18H31NS/c1-14(2)6-7-17(5)19-8-9-20-13-18-11-15(3)10-16(4)12-18/h10-12,14,17,19H,6-9,13H2,1-5H3. The smallest absolute Gasteiger partial charge is 0.0185 e. The van der Waals surface area contributed by atoms with Crippen molar-refractivity contribution in [3.8, 4) is 0 Å². The Bertz CT molecular complexity index is 367. The number of nitrogens with one attached hydrogen (secondary N) is 1. The second-order valence-corrected chi connectivity index (χ2v) is 7.48. The topological polar surface area (TPSA) is 12.0 Å². The molecule has 20 heavy (non-hydrogen) atoms. The van der Waals surface area contributed by atoms with E-state index in [-0.39, 0.29) is 0 Å². The molecule has 0 saturated heterocycles. The minimum absolute atomic E-state index is 0.652. The molecule has 1 atom stereocenters. The van der Waals surface area contributed by atoms with Crippen molar-refractivity contribution in [1.82, 2.24) is 5.32 Å². The molecule has 0 aliphatic rings. The molecule has 0 saturated carbocycles. The highest BCUT2D eigenvalue weighted by Crippen LogP contribution is 2.15. The third kappa shape index (κ3) is 7.96. The summed E-state index contributed by atoms with van der Waals surface area (Å²) in [6, 6.07) is 7.50. The van der Waals surface area contributed by atoms with Gasteiger partial charge >= 0.3 is 0 Å². The lowest BCUT2D eigenvalue weighted by Crippen LogP contribution is -2.28. The highest BCUT2D eigenvalue weighted by molar-refractivity contribution is 7.98. The maximum absolute atomic E-state index is 3.63. The SMILES string of the molecule is Cc1cc(C)cc(CSCCNC(C)CCC(C)C)c1. The summed E-state index contributed by atoms with van der Waals surface area (Å²) in [6.45, 7) is 12.4. The van der Waals surface area contributed by atoms with Gasteiger partial charge in [0.05, 0.1) is 0 Å². The van der Waals surface area contributed by atoms with E-state index in [0.717, 1.165) is 18.2 Å². The highest BCUT2D eigenvalue weighted by atomic mass is 32.2. The monoisotopic (exact) mass is 293 g/mol. The Balaban J connectivity index is 2.12. The Morgan fingerprint density at radius 3 is 2.25 bits per heavy atom. The molecule has 0 heterocycles. The van der Waals surface area contributed by atoms with Crippen molar-refractivity contribution in [2.75, 3.05) is 12.3 Å². The van der Waals surface area contributed by atoms with E-state index in [2.05, 4.69) is 58.1 Å². The van der Waals surface area contributed by atoms with E-state index in [1.165, 1.54) is 35.3 Å². The van der Waals surface area contributed by atoms with E-state index in [1.54, 1.807) is 0 Å². The van der Waals surface area contributed by atoms with Crippen LogP contribution in [0.5, 0.6) is 0 Å². The second kappa shape index (κ2) is 9.46. The Morgan fingerprint density at radius 2 is 1.65 bits per heavy atom. The van der Waals surface area contributed by atoms with Gasteiger partial charge < -0.3 is 5.32 Å². The lowest BCUT2D eigenvalue weighted by atomic mass is 10.0. The van der Waals surface area contributed by atoms with E-state index in [9.17, 15) is 0 Å². The van der Waals surface area contributed by atoms with Crippen LogP contribution in [-0.2, 0) is 5.75 Å². The van der Waals surface area contributed by atoms with Crippen molar-refractivity contribution in [2.45, 2.75) is 59.3 Å². The first-order valence-electron chi connectivity index (χ1n) is 7.85. The Kier molecular flexibility index (Phi) is 8.32. The van der Waals surface area contributed by atoms with Crippen LogP contribution < -0.4 is 5.32 Å². The zero-order valence-electron chi connectivity index (χ0n) is 13.8. The van der Waals surface area contributed by atoms with Gasteiger partial charge in [-0.1, -0.05) is 43.2 Å². The molecule has 114 valence electrons. The van der Waals surface area contributed by atoms with Crippen molar-refractivity contribution < 1.29 is 0 Å². The van der Waals surface area contributed by atoms with Crippen molar-refractivity contribution in [3.63, 3.8) is 0 Å². The van der Waals surface area contributed by atoms with Crippen LogP contribution in [0.1, 0.15) is 50.3 Å². The molecule has 0 amide bonds. The molecule has 1 aromatic rings. The molecule has 0 spiro atoms. The normalized spacial score (nSPS) is 12.9. The number of rotatable bonds is 9. The zero-order valence-corrected chi connectivity index (χ0v) is 14.6. The van der Waals surface area contributed by atoms with E-state index in [1.807, 2.05) is 11.8 Å². The number of thioether (sulfide) groups is 1. The predicted molar refractivity (Wildman–Crippen MR) is 93.6 cm³/mol. The average molecular weight is 294 g/mol. The van der Waals surface area contributed by atoms with Crippen molar-refractivity contribution in [3.05, 3.63) is 34.9 Å². The van der Waals surface area contributed by atoms with Gasteiger partial charge in [-0.3, -0.25) is 0 Å². The molecule has 1 unspecified atom stereocenters. The van der Waals surface area contributed by atoms with Gasteiger partial charge in [-0.05, 0) is 45.1 Å². The summed E-state index contributed by atoms with van der Waals surface area (Å²) in [5.41, 5.74) is 4.21. The fraction of sp³-hybridized carbons (Fsp3) is 0.667. The number of hydrogen-bond acceptors (Lipinski definition) is 2. The Morgan fingerprint density at radius 1 is 1.00 bits per heavy atom. The highest BCUT2D eigenvalue weighted by Gasteiger charge is 2.03. The van der Waals surface area contributed by atoms with Gasteiger partial charge in [-0.25, -0.2) is 0 Å². The van der Waals surface area contributed by atoms with E-state index >= 15 is 0 Å². The summed E-state index contributed by atoms with van der Waals surface area (Å²) in [5, 5.41) is 3.63. The third-order valence-electron chi connectivity index (χ3n) is 3.47. The first-order valence-corrected chi connectivity index (χ1v) is 9.01. The van der Waals surface area contributed by atoms with Crippen LogP contribution in [0.2, 0.25) is 0 Å². The summed E-state index contributed by atoms with van der Waals surface area (Å²) < 4.78 is 0. The summed E-state index contributed by atoms with van der Waals surface area (Å²) in [6.07, 6.45) is 2.61. The molecule has 1 aromatic carbocycles. The number of benzene rings is 1. The minimum Gasteiger partial charge on any atom is -0.313 e. The molecule has 0 aromatic heterocycles. The van der Waals surface area contributed by atoms with Crippen LogP contribution in [0.3, 0.4) is 0 Å². The molecule has 1 rings (SSSR count). The molecular weight excluding hydrogens is 262 g/mol. The van der Waals surface area contributed by atoms with Gasteiger partial charge in [-0.15, -0.1) is 0 Å². The van der Waals surface area contributed by atoms with Crippen LogP contribution >= 0.6 is 11.8 Å².